The molecule has 0 fully saturated rings. The molecule has 10 heteroatoms. The second-order valence-corrected chi connectivity index (χ2v) is 8.42. The summed E-state index contributed by atoms with van der Waals surface area (Å²) in [5, 5.41) is 11.6. The van der Waals surface area contributed by atoms with Crippen molar-refractivity contribution >= 4 is 40.7 Å². The molecule has 2 aromatic carbocycles. The molecule has 0 bridgehead atoms. The summed E-state index contributed by atoms with van der Waals surface area (Å²) < 4.78 is 6.74. The number of fused-ring (bicyclic) bond motifs is 1. The summed E-state index contributed by atoms with van der Waals surface area (Å²) >= 11 is 7.17. The number of hydrogen-bond donors (Lipinski definition) is 0. The van der Waals surface area contributed by atoms with Crippen LogP contribution in [0.2, 0.25) is 5.02 Å². The smallest absolute Gasteiger partial charge is 0.338 e. The van der Waals surface area contributed by atoms with Gasteiger partial charge in [0.2, 0.25) is 0 Å². The second kappa shape index (κ2) is 8.52. The number of nitro benzene ring substituents is 1. The Balaban J connectivity index is 1.95. The van der Waals surface area contributed by atoms with Crippen molar-refractivity contribution in [2.45, 2.75) is 13.0 Å². The molecule has 0 saturated heterocycles. The topological polar surface area (TPSA) is 104 Å². The molecule has 0 spiro atoms. The number of methoxy groups -OCH3 is 1. The highest BCUT2D eigenvalue weighted by atomic mass is 35.5. The minimum Gasteiger partial charge on any atom is -0.466 e. The van der Waals surface area contributed by atoms with Gasteiger partial charge in [0.25, 0.3) is 11.2 Å². The first-order chi connectivity index (χ1) is 15.3. The number of hydrogen-bond acceptors (Lipinski definition) is 7. The Morgan fingerprint density at radius 1 is 1.28 bits per heavy atom. The van der Waals surface area contributed by atoms with E-state index in [0.29, 0.717) is 31.2 Å². The lowest BCUT2D eigenvalue weighted by atomic mass is 9.96. The standard InChI is InChI=1S/C22H16ClN3O5S/c1-12-18(21(28)31-2)19(14-6-8-15(23)9-7-14)25-20(27)17(32-22(25)24-12)11-13-4-3-5-16(10-13)26(29)30/h3-11,19H,1-2H3/b17-11-/t19-/m0/s1. The Kier molecular flexibility index (Phi) is 5.77. The molecule has 162 valence electrons. The number of carbonyl (C=O) groups is 1. The van der Waals surface area contributed by atoms with E-state index in [4.69, 9.17) is 16.3 Å². The average Bonchev–Trinajstić information content (AvgIpc) is 3.07. The molecule has 1 aliphatic heterocycles. The third kappa shape index (κ3) is 3.88. The predicted molar refractivity (Wildman–Crippen MR) is 120 cm³/mol. The van der Waals surface area contributed by atoms with Crippen LogP contribution in [0.3, 0.4) is 0 Å². The fourth-order valence-corrected chi connectivity index (χ4v) is 4.71. The van der Waals surface area contributed by atoms with Crippen molar-refractivity contribution in [3.8, 4) is 0 Å². The Morgan fingerprint density at radius 3 is 2.66 bits per heavy atom. The van der Waals surface area contributed by atoms with Crippen LogP contribution >= 0.6 is 22.9 Å². The van der Waals surface area contributed by atoms with Crippen molar-refractivity contribution in [1.82, 2.24) is 4.57 Å². The van der Waals surface area contributed by atoms with E-state index in [-0.39, 0.29) is 16.8 Å². The van der Waals surface area contributed by atoms with E-state index in [1.807, 2.05) is 0 Å². The number of non-ortho nitro benzene ring substituents is 1. The zero-order chi connectivity index (χ0) is 23.0. The Hall–Kier alpha value is -3.56. The van der Waals surface area contributed by atoms with Gasteiger partial charge in [0.1, 0.15) is 0 Å². The van der Waals surface area contributed by atoms with Gasteiger partial charge in [0.05, 0.1) is 33.9 Å². The molecule has 8 nitrogen and oxygen atoms in total. The first-order valence-electron chi connectivity index (χ1n) is 9.41. The largest absolute Gasteiger partial charge is 0.466 e. The maximum Gasteiger partial charge on any atom is 0.338 e. The number of rotatable bonds is 4. The summed E-state index contributed by atoms with van der Waals surface area (Å²) in [6.45, 7) is 1.69. The second-order valence-electron chi connectivity index (χ2n) is 6.98. The van der Waals surface area contributed by atoms with E-state index in [1.54, 1.807) is 49.4 Å². The summed E-state index contributed by atoms with van der Waals surface area (Å²) in [5.41, 5.74) is 1.44. The molecule has 0 saturated carbocycles. The molecule has 1 aromatic heterocycles. The van der Waals surface area contributed by atoms with E-state index >= 15 is 0 Å². The third-order valence-electron chi connectivity index (χ3n) is 4.99. The Morgan fingerprint density at radius 2 is 2.00 bits per heavy atom. The van der Waals surface area contributed by atoms with Gasteiger partial charge in [0, 0.05) is 17.2 Å². The zero-order valence-electron chi connectivity index (χ0n) is 16.9. The lowest BCUT2D eigenvalue weighted by Crippen LogP contribution is -2.39. The predicted octanol–water partition coefficient (Wildman–Crippen LogP) is 2.97. The van der Waals surface area contributed by atoms with Crippen molar-refractivity contribution in [2.75, 3.05) is 7.11 Å². The van der Waals surface area contributed by atoms with Crippen LogP contribution < -0.4 is 14.9 Å². The van der Waals surface area contributed by atoms with Gasteiger partial charge in [-0.3, -0.25) is 19.5 Å². The third-order valence-corrected chi connectivity index (χ3v) is 6.23. The van der Waals surface area contributed by atoms with Gasteiger partial charge < -0.3 is 4.74 Å². The van der Waals surface area contributed by atoms with Crippen LogP contribution in [0.25, 0.3) is 6.08 Å². The lowest BCUT2D eigenvalue weighted by Gasteiger charge is -2.24. The fraction of sp³-hybridized carbons (Fsp3) is 0.136. The maximum atomic E-state index is 13.4. The van der Waals surface area contributed by atoms with Gasteiger partial charge in [-0.2, -0.15) is 0 Å². The van der Waals surface area contributed by atoms with E-state index < -0.39 is 16.9 Å². The van der Waals surface area contributed by atoms with Crippen LogP contribution in [-0.2, 0) is 9.53 Å². The van der Waals surface area contributed by atoms with Crippen molar-refractivity contribution in [1.29, 1.82) is 0 Å². The van der Waals surface area contributed by atoms with Gasteiger partial charge in [-0.05, 0) is 36.3 Å². The SMILES string of the molecule is COC(=O)C1=C(C)N=c2s/c(=C\c3cccc([N+](=O)[O-])c3)c(=O)n2[C@H]1c1ccc(Cl)cc1. The molecule has 2 heterocycles. The van der Waals surface area contributed by atoms with Crippen LogP contribution in [0.15, 0.2) is 69.6 Å². The molecule has 1 atom stereocenters. The minimum atomic E-state index is -0.747. The first kappa shape index (κ1) is 21.7. The highest BCUT2D eigenvalue weighted by molar-refractivity contribution is 7.07. The summed E-state index contributed by atoms with van der Waals surface area (Å²) in [6, 6.07) is 12.1. The van der Waals surface area contributed by atoms with Gasteiger partial charge in [0.15, 0.2) is 4.80 Å². The van der Waals surface area contributed by atoms with Gasteiger partial charge >= 0.3 is 5.97 Å². The van der Waals surface area contributed by atoms with Gasteiger partial charge in [-0.25, -0.2) is 9.79 Å². The fourth-order valence-electron chi connectivity index (χ4n) is 3.53. The molecule has 0 aliphatic carbocycles. The number of allylic oxidation sites excluding steroid dienone is 1. The molecule has 1 aliphatic rings. The molecule has 4 rings (SSSR count). The number of ether oxygens (including phenoxy) is 1. The van der Waals surface area contributed by atoms with E-state index in [9.17, 15) is 19.7 Å². The quantitative estimate of drug-likeness (QED) is 0.332. The monoisotopic (exact) mass is 469 g/mol. The minimum absolute atomic E-state index is 0.0746. The number of esters is 1. The van der Waals surface area contributed by atoms with Crippen molar-refractivity contribution in [3.63, 3.8) is 0 Å². The molecule has 0 N–H and O–H groups in total. The number of halogens is 1. The van der Waals surface area contributed by atoms with Crippen molar-refractivity contribution in [2.24, 2.45) is 4.99 Å². The number of thiazole rings is 1. The highest BCUT2D eigenvalue weighted by Crippen LogP contribution is 2.31. The average molecular weight is 470 g/mol. The van der Waals surface area contributed by atoms with Crippen LogP contribution in [0.1, 0.15) is 24.1 Å². The summed E-state index contributed by atoms with van der Waals surface area (Å²) in [7, 11) is 1.27. The maximum absolute atomic E-state index is 13.4. The molecular weight excluding hydrogens is 454 g/mol. The number of benzene rings is 2. The van der Waals surface area contributed by atoms with E-state index in [0.717, 1.165) is 11.3 Å². The van der Waals surface area contributed by atoms with Crippen LogP contribution in [0.5, 0.6) is 0 Å². The molecular formula is C22H16ClN3O5S. The molecule has 32 heavy (non-hydrogen) atoms. The van der Waals surface area contributed by atoms with Crippen LogP contribution in [0.4, 0.5) is 5.69 Å². The highest BCUT2D eigenvalue weighted by Gasteiger charge is 2.33. The van der Waals surface area contributed by atoms with E-state index in [2.05, 4.69) is 4.99 Å². The summed E-state index contributed by atoms with van der Waals surface area (Å²) in [5.74, 6) is -0.584. The van der Waals surface area contributed by atoms with Gasteiger partial charge in [-0.15, -0.1) is 0 Å². The Bertz CT molecular complexity index is 1450. The number of nitro groups is 1. The molecule has 3 aromatic rings. The van der Waals surface area contributed by atoms with Crippen molar-refractivity contribution in [3.05, 3.63) is 106 Å². The van der Waals surface area contributed by atoms with Crippen LogP contribution in [0, 0.1) is 10.1 Å². The van der Waals surface area contributed by atoms with Crippen molar-refractivity contribution < 1.29 is 14.5 Å². The Labute approximate surface area is 190 Å². The number of nitrogens with zero attached hydrogens (tertiary/aromatic N) is 3. The number of aromatic nitrogens is 1. The molecule has 0 amide bonds. The summed E-state index contributed by atoms with van der Waals surface area (Å²) in [6.07, 6.45) is 1.58. The molecule has 0 unspecified atom stereocenters. The van der Waals surface area contributed by atoms with Crippen LogP contribution in [-0.4, -0.2) is 22.6 Å². The lowest BCUT2D eigenvalue weighted by molar-refractivity contribution is -0.384. The zero-order valence-corrected chi connectivity index (χ0v) is 18.5. The normalized spacial score (nSPS) is 15.8. The van der Waals surface area contributed by atoms with Gasteiger partial charge in [-0.1, -0.05) is 47.2 Å². The summed E-state index contributed by atoms with van der Waals surface area (Å²) in [4.78, 5) is 41.5. The van der Waals surface area contributed by atoms with E-state index in [1.165, 1.54) is 23.8 Å². The molecule has 0 radical (unpaired) electrons. The first-order valence-corrected chi connectivity index (χ1v) is 10.6. The number of carbonyl (C=O) groups excluding carboxylic acids is 1.